The molecule has 0 fully saturated rings. The zero-order chi connectivity index (χ0) is 25.4. The first kappa shape index (κ1) is 24.5. The molecular formula is C26H21F3N2O3S2. The molecule has 1 aliphatic carbocycles. The summed E-state index contributed by atoms with van der Waals surface area (Å²) >= 11 is 2.12. The number of fused-ring (bicyclic) bond motifs is 2. The predicted octanol–water partition coefficient (Wildman–Crippen LogP) is 6.70. The van der Waals surface area contributed by atoms with Gasteiger partial charge in [0.2, 0.25) is 0 Å². The van der Waals surface area contributed by atoms with Crippen LogP contribution in [0, 0.1) is 6.92 Å². The quantitative estimate of drug-likeness (QED) is 0.292. The van der Waals surface area contributed by atoms with Gasteiger partial charge in [-0.25, -0.2) is 9.78 Å². The highest BCUT2D eigenvalue weighted by atomic mass is 32.1. The number of rotatable bonds is 5. The Bertz CT molecular complexity index is 1440. The highest BCUT2D eigenvalue weighted by Gasteiger charge is 2.36. The number of nitrogens with one attached hydrogen (secondary N) is 1. The van der Waals surface area contributed by atoms with Crippen molar-refractivity contribution in [1.29, 1.82) is 0 Å². The molecule has 0 radical (unpaired) electrons. The van der Waals surface area contributed by atoms with Crippen molar-refractivity contribution in [2.24, 2.45) is 0 Å². The average molecular weight is 531 g/mol. The molecule has 1 atom stereocenters. The largest absolute Gasteiger partial charge is 0.451 e. The summed E-state index contributed by atoms with van der Waals surface area (Å²) in [7, 11) is 0. The monoisotopic (exact) mass is 530 g/mol. The summed E-state index contributed by atoms with van der Waals surface area (Å²) in [6.45, 7) is 0.918. The number of amides is 1. The van der Waals surface area contributed by atoms with E-state index in [1.165, 1.54) is 23.8 Å². The van der Waals surface area contributed by atoms with Crippen molar-refractivity contribution >= 4 is 44.8 Å². The van der Waals surface area contributed by atoms with Crippen molar-refractivity contribution < 1.29 is 27.5 Å². The molecule has 1 aromatic carbocycles. The molecule has 1 N–H and O–H groups in total. The van der Waals surface area contributed by atoms with E-state index in [1.54, 1.807) is 17.5 Å². The Kier molecular flexibility index (Phi) is 6.57. The first-order chi connectivity index (χ1) is 17.2. The third-order valence-electron chi connectivity index (χ3n) is 6.20. The number of esters is 1. The van der Waals surface area contributed by atoms with E-state index in [4.69, 9.17) is 4.74 Å². The Hall–Kier alpha value is -3.24. The van der Waals surface area contributed by atoms with Crippen LogP contribution in [0.1, 0.15) is 50.8 Å². The fraction of sp³-hybridized carbons (Fsp3) is 0.269. The Morgan fingerprint density at radius 2 is 2.00 bits per heavy atom. The van der Waals surface area contributed by atoms with Crippen molar-refractivity contribution in [2.75, 3.05) is 6.61 Å². The lowest BCUT2D eigenvalue weighted by molar-refractivity contribution is -0.136. The number of aryl methyl sites for hydroxylation is 2. The number of aromatic nitrogens is 1. The molecule has 0 aliphatic heterocycles. The van der Waals surface area contributed by atoms with Crippen LogP contribution < -0.4 is 5.32 Å². The standard InChI is InChI=1S/C26H21F3N2O3S2/c1-14-22-17(26(27,28)29)12-19(20-10-5-11-35-20)31-24(22)36-23(14)25(33)34-13-21(32)30-18-9-4-7-15-6-2-3-8-16(15)18/h2-3,5-6,8,10-12,18H,4,7,9,13H2,1H3,(H,30,32)/t18-/m1/s1. The van der Waals surface area contributed by atoms with Gasteiger partial charge in [-0.2, -0.15) is 13.2 Å². The van der Waals surface area contributed by atoms with Gasteiger partial charge < -0.3 is 10.1 Å². The van der Waals surface area contributed by atoms with Gasteiger partial charge in [0.25, 0.3) is 5.91 Å². The predicted molar refractivity (Wildman–Crippen MR) is 133 cm³/mol. The van der Waals surface area contributed by atoms with E-state index >= 15 is 0 Å². The van der Waals surface area contributed by atoms with Crippen molar-refractivity contribution in [3.63, 3.8) is 0 Å². The third kappa shape index (κ3) is 4.75. The minimum absolute atomic E-state index is 0.00198. The molecule has 0 spiro atoms. The van der Waals surface area contributed by atoms with Gasteiger partial charge in [-0.1, -0.05) is 30.3 Å². The van der Waals surface area contributed by atoms with Crippen LogP contribution in [0.25, 0.3) is 20.8 Å². The molecule has 0 saturated heterocycles. The molecule has 5 nitrogen and oxygen atoms in total. The van der Waals surface area contributed by atoms with Crippen LogP contribution in [-0.4, -0.2) is 23.5 Å². The van der Waals surface area contributed by atoms with Crippen molar-refractivity contribution in [1.82, 2.24) is 10.3 Å². The number of hydrogen-bond acceptors (Lipinski definition) is 6. The molecule has 0 unspecified atom stereocenters. The van der Waals surface area contributed by atoms with E-state index in [-0.39, 0.29) is 32.4 Å². The summed E-state index contributed by atoms with van der Waals surface area (Å²) in [6.07, 6.45) is -1.96. The van der Waals surface area contributed by atoms with Gasteiger partial charge in [0.15, 0.2) is 6.61 Å². The maximum atomic E-state index is 13.9. The lowest BCUT2D eigenvalue weighted by atomic mass is 9.88. The van der Waals surface area contributed by atoms with Crippen LogP contribution in [-0.2, 0) is 22.1 Å². The van der Waals surface area contributed by atoms with Crippen LogP contribution in [0.15, 0.2) is 47.8 Å². The van der Waals surface area contributed by atoms with Crippen molar-refractivity contribution in [2.45, 2.75) is 38.4 Å². The molecule has 3 aromatic heterocycles. The van der Waals surface area contributed by atoms with Gasteiger partial charge in [-0.05, 0) is 60.4 Å². The maximum absolute atomic E-state index is 13.9. The summed E-state index contributed by atoms with van der Waals surface area (Å²) in [5.74, 6) is -1.31. The Labute approximate surface area is 212 Å². The highest BCUT2D eigenvalue weighted by molar-refractivity contribution is 7.20. The van der Waals surface area contributed by atoms with Gasteiger partial charge in [-0.15, -0.1) is 22.7 Å². The molecular weight excluding hydrogens is 509 g/mol. The topological polar surface area (TPSA) is 68.3 Å². The number of carbonyl (C=O) groups excluding carboxylic acids is 2. The highest BCUT2D eigenvalue weighted by Crippen LogP contribution is 2.42. The van der Waals surface area contributed by atoms with E-state index in [0.717, 1.165) is 42.2 Å². The summed E-state index contributed by atoms with van der Waals surface area (Å²) < 4.78 is 47.0. The first-order valence-corrected chi connectivity index (χ1v) is 13.0. The second-order valence-electron chi connectivity index (χ2n) is 8.55. The molecule has 1 aliphatic rings. The fourth-order valence-electron chi connectivity index (χ4n) is 4.55. The zero-order valence-corrected chi connectivity index (χ0v) is 20.8. The second-order valence-corrected chi connectivity index (χ2v) is 10.5. The van der Waals surface area contributed by atoms with Gasteiger partial charge in [0, 0.05) is 5.39 Å². The summed E-state index contributed by atoms with van der Waals surface area (Å²) in [4.78, 5) is 30.4. The number of halogens is 3. The molecule has 36 heavy (non-hydrogen) atoms. The average Bonchev–Trinajstić information content (AvgIpc) is 3.50. The van der Waals surface area contributed by atoms with E-state index in [0.29, 0.717) is 4.88 Å². The Morgan fingerprint density at radius 1 is 1.19 bits per heavy atom. The number of ether oxygens (including phenoxy) is 1. The minimum atomic E-state index is -4.63. The number of carbonyl (C=O) groups is 2. The van der Waals surface area contributed by atoms with Crippen LogP contribution in [0.3, 0.4) is 0 Å². The van der Waals surface area contributed by atoms with Gasteiger partial charge in [-0.3, -0.25) is 4.79 Å². The molecule has 1 amide bonds. The number of hydrogen-bond donors (Lipinski definition) is 1. The number of benzene rings is 1. The first-order valence-electron chi connectivity index (χ1n) is 11.3. The molecule has 5 rings (SSSR count). The summed E-state index contributed by atoms with van der Waals surface area (Å²) in [6, 6.07) is 12.2. The number of pyridine rings is 1. The van der Waals surface area contributed by atoms with Crippen LogP contribution in [0.5, 0.6) is 0 Å². The zero-order valence-electron chi connectivity index (χ0n) is 19.1. The van der Waals surface area contributed by atoms with E-state index < -0.39 is 30.2 Å². The molecule has 10 heteroatoms. The van der Waals surface area contributed by atoms with Crippen LogP contribution in [0.4, 0.5) is 13.2 Å². The second kappa shape index (κ2) is 9.67. The molecule has 0 saturated carbocycles. The van der Waals surface area contributed by atoms with Crippen molar-refractivity contribution in [3.05, 3.63) is 75.0 Å². The Balaban J connectivity index is 1.36. The molecule has 4 aromatic rings. The lowest BCUT2D eigenvalue weighted by Crippen LogP contribution is -2.34. The van der Waals surface area contributed by atoms with Gasteiger partial charge in [0.05, 0.1) is 22.2 Å². The molecule has 186 valence electrons. The minimum Gasteiger partial charge on any atom is -0.451 e. The maximum Gasteiger partial charge on any atom is 0.417 e. The molecule has 0 bridgehead atoms. The van der Waals surface area contributed by atoms with Crippen LogP contribution in [0.2, 0.25) is 0 Å². The van der Waals surface area contributed by atoms with Crippen molar-refractivity contribution in [3.8, 4) is 10.6 Å². The van der Waals surface area contributed by atoms with E-state index in [2.05, 4.69) is 10.3 Å². The SMILES string of the molecule is Cc1c(C(=O)OCC(=O)N[C@@H]2CCCc3ccccc32)sc2nc(-c3cccs3)cc(C(F)(F)F)c12. The van der Waals surface area contributed by atoms with Crippen LogP contribution >= 0.6 is 22.7 Å². The Morgan fingerprint density at radius 3 is 2.75 bits per heavy atom. The van der Waals surface area contributed by atoms with E-state index in [1.807, 2.05) is 24.3 Å². The number of alkyl halides is 3. The van der Waals surface area contributed by atoms with Gasteiger partial charge >= 0.3 is 12.1 Å². The smallest absolute Gasteiger partial charge is 0.417 e. The number of thiophene rings is 2. The number of nitrogens with zero attached hydrogens (tertiary/aromatic N) is 1. The third-order valence-corrected chi connectivity index (χ3v) is 8.26. The molecule has 3 heterocycles. The summed E-state index contributed by atoms with van der Waals surface area (Å²) in [5.41, 5.74) is 1.72. The normalized spacial score (nSPS) is 15.5. The van der Waals surface area contributed by atoms with E-state index in [9.17, 15) is 22.8 Å². The van der Waals surface area contributed by atoms with Gasteiger partial charge in [0.1, 0.15) is 9.71 Å². The fourth-order valence-corrected chi connectivity index (χ4v) is 6.34. The summed E-state index contributed by atoms with van der Waals surface area (Å²) in [5, 5.41) is 4.54. The lowest BCUT2D eigenvalue weighted by Gasteiger charge is -2.26.